The van der Waals surface area contributed by atoms with Crippen molar-refractivity contribution in [1.29, 1.82) is 0 Å². The van der Waals surface area contributed by atoms with Crippen LogP contribution in [-0.4, -0.2) is 14.4 Å². The van der Waals surface area contributed by atoms with Crippen molar-refractivity contribution in [3.05, 3.63) is 64.9 Å². The van der Waals surface area contributed by atoms with Crippen LogP contribution in [-0.2, 0) is 13.1 Å². The molecule has 0 bridgehead atoms. The first kappa shape index (κ1) is 12.3. The predicted molar refractivity (Wildman–Crippen MR) is 77.7 cm³/mol. The summed E-state index contributed by atoms with van der Waals surface area (Å²) in [7, 11) is 0. The molecule has 0 saturated heterocycles. The van der Waals surface area contributed by atoms with Crippen molar-refractivity contribution in [2.75, 3.05) is 0 Å². The van der Waals surface area contributed by atoms with E-state index in [1.165, 1.54) is 5.56 Å². The number of hydrogen-bond acceptors (Lipinski definition) is 3. The van der Waals surface area contributed by atoms with Crippen LogP contribution in [0.4, 0.5) is 0 Å². The second-order valence-electron chi connectivity index (χ2n) is 4.23. The molecule has 0 aliphatic rings. The number of rotatable bonds is 4. The smallest absolute Gasteiger partial charge is 0.132 e. The van der Waals surface area contributed by atoms with Crippen LogP contribution in [0.3, 0.4) is 0 Å². The molecule has 0 unspecified atom stereocenters. The van der Waals surface area contributed by atoms with E-state index in [-0.39, 0.29) is 0 Å². The highest BCUT2D eigenvalue weighted by molar-refractivity contribution is 9.10. The van der Waals surface area contributed by atoms with E-state index < -0.39 is 0 Å². The van der Waals surface area contributed by atoms with E-state index in [2.05, 4.69) is 35.6 Å². The monoisotopic (exact) mass is 316 g/mol. The van der Waals surface area contributed by atoms with Crippen LogP contribution in [0.15, 0.2) is 53.5 Å². The summed E-state index contributed by atoms with van der Waals surface area (Å²) in [6.07, 6.45) is 5.63. The summed E-state index contributed by atoms with van der Waals surface area (Å²) >= 11 is 3.49. The van der Waals surface area contributed by atoms with Gasteiger partial charge in [-0.25, -0.2) is 4.98 Å². The van der Waals surface area contributed by atoms with Crippen LogP contribution in [0.1, 0.15) is 11.4 Å². The number of aromatic nitrogens is 3. The highest BCUT2D eigenvalue weighted by Crippen LogP contribution is 2.18. The van der Waals surface area contributed by atoms with Crippen molar-refractivity contribution in [3.63, 3.8) is 0 Å². The maximum atomic E-state index is 4.53. The van der Waals surface area contributed by atoms with Crippen molar-refractivity contribution in [2.45, 2.75) is 13.1 Å². The van der Waals surface area contributed by atoms with Gasteiger partial charge in [0.05, 0.1) is 12.1 Å². The molecule has 3 aromatic heterocycles. The van der Waals surface area contributed by atoms with Gasteiger partial charge in [-0.3, -0.25) is 4.98 Å². The lowest BCUT2D eigenvalue weighted by Crippen LogP contribution is -2.14. The summed E-state index contributed by atoms with van der Waals surface area (Å²) in [5.74, 6) is 0.997. The molecule has 96 valence electrons. The summed E-state index contributed by atoms with van der Waals surface area (Å²) < 4.78 is 2.97. The maximum Gasteiger partial charge on any atom is 0.132 e. The average Bonchev–Trinajstić information content (AvgIpc) is 2.78. The fourth-order valence-electron chi connectivity index (χ4n) is 2.00. The van der Waals surface area contributed by atoms with E-state index in [0.29, 0.717) is 0 Å². The lowest BCUT2D eigenvalue weighted by Gasteiger charge is -2.04. The second-order valence-corrected chi connectivity index (χ2v) is 4.98. The minimum atomic E-state index is 0.721. The lowest BCUT2D eigenvalue weighted by molar-refractivity contribution is 0.659. The number of imidazole rings is 1. The largest absolute Gasteiger partial charge is 0.306 e. The molecular weight excluding hydrogens is 304 g/mol. The molecule has 19 heavy (non-hydrogen) atoms. The Balaban J connectivity index is 1.72. The third-order valence-electron chi connectivity index (χ3n) is 2.94. The van der Waals surface area contributed by atoms with Crippen molar-refractivity contribution < 1.29 is 0 Å². The molecule has 0 aromatic carbocycles. The minimum absolute atomic E-state index is 0.721. The molecule has 0 saturated carbocycles. The van der Waals surface area contributed by atoms with Gasteiger partial charge < -0.3 is 9.72 Å². The first-order valence-corrected chi connectivity index (χ1v) is 6.85. The first-order valence-electron chi connectivity index (χ1n) is 6.05. The molecule has 0 aliphatic heterocycles. The van der Waals surface area contributed by atoms with Gasteiger partial charge in [0.1, 0.15) is 10.4 Å². The standard InChI is InChI=1S/C14H13BrN4/c15-14-12-3-1-2-8-19(12)13(18-14)10-17-9-11-4-6-16-7-5-11/h1-8,17H,9-10H2. The van der Waals surface area contributed by atoms with Crippen molar-refractivity contribution in [1.82, 2.24) is 19.7 Å². The molecular formula is C14H13BrN4. The highest BCUT2D eigenvalue weighted by Gasteiger charge is 2.07. The normalized spacial score (nSPS) is 11.0. The Morgan fingerprint density at radius 2 is 1.95 bits per heavy atom. The highest BCUT2D eigenvalue weighted by atomic mass is 79.9. The van der Waals surface area contributed by atoms with Crippen LogP contribution >= 0.6 is 15.9 Å². The Kier molecular flexibility index (Phi) is 3.57. The minimum Gasteiger partial charge on any atom is -0.306 e. The number of fused-ring (bicyclic) bond motifs is 1. The molecule has 0 aliphatic carbocycles. The van der Waals surface area contributed by atoms with Crippen LogP contribution < -0.4 is 5.32 Å². The lowest BCUT2D eigenvalue weighted by atomic mass is 10.3. The zero-order valence-corrected chi connectivity index (χ0v) is 11.8. The fraction of sp³-hybridized carbons (Fsp3) is 0.143. The van der Waals surface area contributed by atoms with Gasteiger partial charge in [0.2, 0.25) is 0 Å². The van der Waals surface area contributed by atoms with Gasteiger partial charge >= 0.3 is 0 Å². The molecule has 0 spiro atoms. The Hall–Kier alpha value is -1.72. The third kappa shape index (κ3) is 2.67. The van der Waals surface area contributed by atoms with E-state index in [9.17, 15) is 0 Å². The predicted octanol–water partition coefficient (Wildman–Crippen LogP) is 2.78. The Bertz CT molecular complexity index is 678. The first-order chi connectivity index (χ1) is 9.34. The van der Waals surface area contributed by atoms with E-state index >= 15 is 0 Å². The Morgan fingerprint density at radius 1 is 1.11 bits per heavy atom. The van der Waals surface area contributed by atoms with E-state index in [1.54, 1.807) is 12.4 Å². The van der Waals surface area contributed by atoms with Gasteiger partial charge in [0.15, 0.2) is 0 Å². The number of hydrogen-bond donors (Lipinski definition) is 1. The molecule has 3 heterocycles. The van der Waals surface area contributed by atoms with Crippen LogP contribution in [0, 0.1) is 0 Å². The third-order valence-corrected chi connectivity index (χ3v) is 3.52. The van der Waals surface area contributed by atoms with Crippen LogP contribution in [0.25, 0.3) is 5.52 Å². The number of pyridine rings is 2. The van der Waals surface area contributed by atoms with Gasteiger partial charge in [-0.05, 0) is 45.8 Å². The van der Waals surface area contributed by atoms with Gasteiger partial charge in [-0.2, -0.15) is 0 Å². The summed E-state index contributed by atoms with van der Waals surface area (Å²) in [5.41, 5.74) is 2.30. The quantitative estimate of drug-likeness (QED) is 0.804. The molecule has 3 rings (SSSR count). The average molecular weight is 317 g/mol. The molecule has 0 amide bonds. The van der Waals surface area contributed by atoms with Crippen molar-refractivity contribution in [3.8, 4) is 0 Å². The molecule has 4 nitrogen and oxygen atoms in total. The number of nitrogens with one attached hydrogen (secondary N) is 1. The summed E-state index contributed by atoms with van der Waals surface area (Å²) in [6, 6.07) is 10.1. The summed E-state index contributed by atoms with van der Waals surface area (Å²) in [6.45, 7) is 1.53. The molecule has 0 atom stereocenters. The molecule has 3 aromatic rings. The van der Waals surface area contributed by atoms with Crippen LogP contribution in [0.2, 0.25) is 0 Å². The SMILES string of the molecule is Brc1nc(CNCc2ccncc2)n2ccccc12. The zero-order valence-electron chi connectivity index (χ0n) is 10.3. The Morgan fingerprint density at radius 3 is 2.79 bits per heavy atom. The number of halogens is 1. The van der Waals surface area contributed by atoms with Gasteiger partial charge in [0, 0.05) is 25.1 Å². The van der Waals surface area contributed by atoms with Gasteiger partial charge in [-0.15, -0.1) is 0 Å². The Labute approximate surface area is 119 Å². The van der Waals surface area contributed by atoms with E-state index in [4.69, 9.17) is 0 Å². The second kappa shape index (κ2) is 5.50. The van der Waals surface area contributed by atoms with Crippen molar-refractivity contribution in [2.24, 2.45) is 0 Å². The zero-order chi connectivity index (χ0) is 13.1. The van der Waals surface area contributed by atoms with Crippen molar-refractivity contribution >= 4 is 21.4 Å². The summed E-state index contributed by atoms with van der Waals surface area (Å²) in [5, 5.41) is 3.39. The van der Waals surface area contributed by atoms with E-state index in [1.807, 2.05) is 36.5 Å². The van der Waals surface area contributed by atoms with Gasteiger partial charge in [-0.1, -0.05) is 6.07 Å². The molecule has 1 N–H and O–H groups in total. The summed E-state index contributed by atoms with van der Waals surface area (Å²) in [4.78, 5) is 8.53. The topological polar surface area (TPSA) is 42.2 Å². The van der Waals surface area contributed by atoms with E-state index in [0.717, 1.165) is 29.0 Å². The maximum absolute atomic E-state index is 4.53. The van der Waals surface area contributed by atoms with Crippen LogP contribution in [0.5, 0.6) is 0 Å². The van der Waals surface area contributed by atoms with Gasteiger partial charge in [0.25, 0.3) is 0 Å². The molecule has 5 heteroatoms. The molecule has 0 radical (unpaired) electrons. The fourth-order valence-corrected chi connectivity index (χ4v) is 2.53. The molecule has 0 fully saturated rings. The number of nitrogens with zero attached hydrogens (tertiary/aromatic N) is 3.